The maximum Gasteiger partial charge on any atom is -0.00200 e. The third-order valence-corrected chi connectivity index (χ3v) is 1.77. The summed E-state index contributed by atoms with van der Waals surface area (Å²) in [6.45, 7) is 6.28. The van der Waals surface area contributed by atoms with Gasteiger partial charge in [-0.1, -0.05) is 13.3 Å². The van der Waals surface area contributed by atoms with Gasteiger partial charge in [0.05, 0.1) is 0 Å². The largest absolute Gasteiger partial charge is 0.316 e. The molecule has 1 aliphatic heterocycles. The second kappa shape index (κ2) is 3.08. The van der Waals surface area contributed by atoms with Crippen molar-refractivity contribution in [1.82, 2.24) is 5.32 Å². The van der Waals surface area contributed by atoms with E-state index in [9.17, 15) is 0 Å². The Morgan fingerprint density at radius 1 is 1.62 bits per heavy atom. The van der Waals surface area contributed by atoms with Crippen molar-refractivity contribution in [3.63, 3.8) is 0 Å². The summed E-state index contributed by atoms with van der Waals surface area (Å²) >= 11 is 0. The predicted octanol–water partition coefficient (Wildman–Crippen LogP) is 1.21. The van der Waals surface area contributed by atoms with E-state index in [2.05, 4.69) is 12.2 Å². The van der Waals surface area contributed by atoms with Gasteiger partial charge in [-0.3, -0.25) is 0 Å². The van der Waals surface area contributed by atoms with Crippen LogP contribution in [0.5, 0.6) is 0 Å². The van der Waals surface area contributed by atoms with Gasteiger partial charge in [-0.15, -0.1) is 0 Å². The molecule has 1 fully saturated rings. The molecule has 0 aromatic rings. The molecule has 0 amide bonds. The standard InChI is InChI=1S/C7H14N/c1-2-3-7-4-5-8-6-7/h7-8H,1-6H2. The molecule has 0 bridgehead atoms. The lowest BCUT2D eigenvalue weighted by Crippen LogP contribution is -2.08. The van der Waals surface area contributed by atoms with Crippen LogP contribution in [-0.2, 0) is 0 Å². The molecule has 1 unspecified atom stereocenters. The van der Waals surface area contributed by atoms with E-state index in [1.54, 1.807) is 0 Å². The molecule has 1 atom stereocenters. The molecule has 8 heavy (non-hydrogen) atoms. The summed E-state index contributed by atoms with van der Waals surface area (Å²) in [5.74, 6) is 0.937. The molecule has 1 saturated heterocycles. The van der Waals surface area contributed by atoms with Crippen LogP contribution in [0.4, 0.5) is 0 Å². The fourth-order valence-corrected chi connectivity index (χ4v) is 1.25. The lowest BCUT2D eigenvalue weighted by molar-refractivity contribution is 0.538. The first kappa shape index (κ1) is 6.09. The summed E-state index contributed by atoms with van der Waals surface area (Å²) in [6.07, 6.45) is 3.79. The first-order valence-corrected chi connectivity index (χ1v) is 3.43. The number of rotatable bonds is 2. The monoisotopic (exact) mass is 112 g/mol. The van der Waals surface area contributed by atoms with Gasteiger partial charge in [0.15, 0.2) is 0 Å². The molecule has 1 nitrogen and oxygen atoms in total. The van der Waals surface area contributed by atoms with Crippen LogP contribution >= 0.6 is 0 Å². The van der Waals surface area contributed by atoms with Gasteiger partial charge >= 0.3 is 0 Å². The van der Waals surface area contributed by atoms with Crippen molar-refractivity contribution in [3.8, 4) is 0 Å². The van der Waals surface area contributed by atoms with Crippen LogP contribution in [-0.4, -0.2) is 13.1 Å². The highest BCUT2D eigenvalue weighted by Gasteiger charge is 2.11. The minimum atomic E-state index is 0.937. The molecule has 1 rings (SSSR count). The lowest BCUT2D eigenvalue weighted by atomic mass is 10.0. The van der Waals surface area contributed by atoms with E-state index in [0.29, 0.717) is 0 Å². The Kier molecular flexibility index (Phi) is 2.34. The van der Waals surface area contributed by atoms with Gasteiger partial charge in [-0.05, 0) is 31.8 Å². The zero-order chi connectivity index (χ0) is 5.82. The average Bonchev–Trinajstić information content (AvgIpc) is 2.19. The Hall–Kier alpha value is -0.0400. The summed E-state index contributed by atoms with van der Waals surface area (Å²) < 4.78 is 0. The summed E-state index contributed by atoms with van der Waals surface area (Å²) in [5.41, 5.74) is 0. The highest BCUT2D eigenvalue weighted by Crippen LogP contribution is 2.12. The van der Waals surface area contributed by atoms with Crippen molar-refractivity contribution < 1.29 is 0 Å². The van der Waals surface area contributed by atoms with Crippen LogP contribution in [0.25, 0.3) is 0 Å². The highest BCUT2D eigenvalue weighted by atomic mass is 14.9. The summed E-state index contributed by atoms with van der Waals surface area (Å²) in [7, 11) is 0. The maximum atomic E-state index is 3.82. The SMILES string of the molecule is [CH2]CCC1CCNC1. The molecule has 1 heterocycles. The topological polar surface area (TPSA) is 12.0 Å². The van der Waals surface area contributed by atoms with Gasteiger partial charge in [0, 0.05) is 0 Å². The highest BCUT2D eigenvalue weighted by molar-refractivity contribution is 4.70. The van der Waals surface area contributed by atoms with E-state index in [4.69, 9.17) is 0 Å². The van der Waals surface area contributed by atoms with Crippen LogP contribution < -0.4 is 5.32 Å². The van der Waals surface area contributed by atoms with Crippen LogP contribution in [0.1, 0.15) is 19.3 Å². The third-order valence-electron chi connectivity index (χ3n) is 1.77. The minimum Gasteiger partial charge on any atom is -0.316 e. The van der Waals surface area contributed by atoms with Gasteiger partial charge < -0.3 is 5.32 Å². The van der Waals surface area contributed by atoms with Gasteiger partial charge in [0.2, 0.25) is 0 Å². The second-order valence-corrected chi connectivity index (χ2v) is 2.50. The van der Waals surface area contributed by atoms with Crippen molar-refractivity contribution in [1.29, 1.82) is 0 Å². The van der Waals surface area contributed by atoms with E-state index in [0.717, 1.165) is 12.3 Å². The average molecular weight is 112 g/mol. The van der Waals surface area contributed by atoms with E-state index < -0.39 is 0 Å². The van der Waals surface area contributed by atoms with E-state index in [1.807, 2.05) is 0 Å². The number of hydrogen-bond acceptors (Lipinski definition) is 1. The van der Waals surface area contributed by atoms with E-state index in [-0.39, 0.29) is 0 Å². The molecular formula is C7H14N. The quantitative estimate of drug-likeness (QED) is 0.566. The summed E-state index contributed by atoms with van der Waals surface area (Å²) in [4.78, 5) is 0. The smallest absolute Gasteiger partial charge is 0.00200 e. The van der Waals surface area contributed by atoms with Crippen molar-refractivity contribution in [2.45, 2.75) is 19.3 Å². The van der Waals surface area contributed by atoms with Gasteiger partial charge in [0.25, 0.3) is 0 Å². The van der Waals surface area contributed by atoms with E-state index in [1.165, 1.54) is 25.9 Å². The molecule has 0 aromatic carbocycles. The molecule has 47 valence electrons. The molecule has 1 aliphatic rings. The second-order valence-electron chi connectivity index (χ2n) is 2.50. The first-order valence-electron chi connectivity index (χ1n) is 3.43. The minimum absolute atomic E-state index is 0.937. The van der Waals surface area contributed by atoms with Crippen molar-refractivity contribution in [3.05, 3.63) is 6.92 Å². The molecule has 1 radical (unpaired) electrons. The molecule has 1 heteroatoms. The van der Waals surface area contributed by atoms with Crippen LogP contribution in [0.2, 0.25) is 0 Å². The Labute approximate surface area is 51.5 Å². The molecule has 1 N–H and O–H groups in total. The third kappa shape index (κ3) is 1.48. The van der Waals surface area contributed by atoms with Crippen LogP contribution in [0, 0.1) is 12.8 Å². The van der Waals surface area contributed by atoms with Crippen LogP contribution in [0.15, 0.2) is 0 Å². The fourth-order valence-electron chi connectivity index (χ4n) is 1.25. The normalized spacial score (nSPS) is 28.9. The first-order chi connectivity index (χ1) is 3.93. The molecule has 0 spiro atoms. The van der Waals surface area contributed by atoms with Crippen molar-refractivity contribution in [2.24, 2.45) is 5.92 Å². The maximum absolute atomic E-state index is 3.82. The Morgan fingerprint density at radius 2 is 2.50 bits per heavy atom. The zero-order valence-corrected chi connectivity index (χ0v) is 5.32. The molecule has 0 saturated carbocycles. The van der Waals surface area contributed by atoms with E-state index >= 15 is 0 Å². The van der Waals surface area contributed by atoms with Gasteiger partial charge in [0.1, 0.15) is 0 Å². The van der Waals surface area contributed by atoms with Crippen molar-refractivity contribution in [2.75, 3.05) is 13.1 Å². The number of nitrogens with one attached hydrogen (secondary N) is 1. The predicted molar refractivity (Wildman–Crippen MR) is 35.6 cm³/mol. The lowest BCUT2D eigenvalue weighted by Gasteiger charge is -2.02. The Balaban J connectivity index is 2.06. The summed E-state index contributed by atoms with van der Waals surface area (Å²) in [5, 5.41) is 3.33. The van der Waals surface area contributed by atoms with Gasteiger partial charge in [-0.2, -0.15) is 0 Å². The summed E-state index contributed by atoms with van der Waals surface area (Å²) in [6, 6.07) is 0. The fraction of sp³-hybridized carbons (Fsp3) is 0.857. The number of hydrogen-bond donors (Lipinski definition) is 1. The Bertz CT molecular complexity index is 55.4. The van der Waals surface area contributed by atoms with Crippen LogP contribution in [0.3, 0.4) is 0 Å². The molecule has 0 aromatic heterocycles. The molecule has 0 aliphatic carbocycles. The molecular weight excluding hydrogens is 98.1 g/mol. The van der Waals surface area contributed by atoms with Crippen molar-refractivity contribution >= 4 is 0 Å². The zero-order valence-electron chi connectivity index (χ0n) is 5.32. The van der Waals surface area contributed by atoms with Gasteiger partial charge in [-0.25, -0.2) is 0 Å². The Morgan fingerprint density at radius 3 is 3.00 bits per heavy atom.